The number of nitrogens with zero attached hydrogens (tertiary/aromatic N) is 1. The molecule has 0 bridgehead atoms. The summed E-state index contributed by atoms with van der Waals surface area (Å²) in [6.45, 7) is 7.10. The van der Waals surface area contributed by atoms with Crippen molar-refractivity contribution in [1.82, 2.24) is 10.3 Å². The molecule has 1 amide bonds. The third kappa shape index (κ3) is 3.73. The Hall–Kier alpha value is -1.58. The van der Waals surface area contributed by atoms with E-state index in [0.29, 0.717) is 11.5 Å². The van der Waals surface area contributed by atoms with Crippen LogP contribution in [0.1, 0.15) is 49.2 Å². The van der Waals surface area contributed by atoms with Crippen LogP contribution in [-0.2, 0) is 0 Å². The second-order valence-electron chi connectivity index (χ2n) is 4.33. The molecule has 17 heavy (non-hydrogen) atoms. The van der Waals surface area contributed by atoms with E-state index in [1.807, 2.05) is 6.07 Å². The zero-order valence-electron chi connectivity index (χ0n) is 11.0. The van der Waals surface area contributed by atoms with E-state index < -0.39 is 0 Å². The summed E-state index contributed by atoms with van der Waals surface area (Å²) in [4.78, 5) is 16.1. The summed E-state index contributed by atoms with van der Waals surface area (Å²) in [7, 11) is 1.64. The standard InChI is InChI=1S/C13H21N3O/c1-5-6-15-12-8-10(13(17)14-4)7-11(16-12)9(2)3/h7-9H,5-6H2,1-4H3,(H,14,17)(H,15,16). The van der Waals surface area contributed by atoms with Crippen LogP contribution >= 0.6 is 0 Å². The lowest BCUT2D eigenvalue weighted by Gasteiger charge is -2.11. The lowest BCUT2D eigenvalue weighted by atomic mass is 10.1. The highest BCUT2D eigenvalue weighted by Gasteiger charge is 2.10. The van der Waals surface area contributed by atoms with Crippen molar-refractivity contribution in [1.29, 1.82) is 0 Å². The molecule has 94 valence electrons. The van der Waals surface area contributed by atoms with E-state index in [1.165, 1.54) is 0 Å². The van der Waals surface area contributed by atoms with Crippen LogP contribution in [-0.4, -0.2) is 24.5 Å². The topological polar surface area (TPSA) is 54.0 Å². The molecular weight excluding hydrogens is 214 g/mol. The molecule has 1 heterocycles. The molecular formula is C13H21N3O. The third-order valence-electron chi connectivity index (χ3n) is 2.48. The zero-order valence-corrected chi connectivity index (χ0v) is 11.0. The van der Waals surface area contributed by atoms with Crippen LogP contribution in [0.4, 0.5) is 5.82 Å². The zero-order chi connectivity index (χ0) is 12.8. The molecule has 0 fully saturated rings. The summed E-state index contributed by atoms with van der Waals surface area (Å²) in [5.41, 5.74) is 1.59. The minimum Gasteiger partial charge on any atom is -0.370 e. The molecule has 0 aliphatic rings. The van der Waals surface area contributed by atoms with Crippen molar-refractivity contribution >= 4 is 11.7 Å². The monoisotopic (exact) mass is 235 g/mol. The first-order valence-corrected chi connectivity index (χ1v) is 6.06. The maximum absolute atomic E-state index is 11.6. The Bertz CT molecular complexity index is 388. The number of hydrogen-bond donors (Lipinski definition) is 2. The number of rotatable bonds is 5. The SMILES string of the molecule is CCCNc1cc(C(=O)NC)cc(C(C)C)n1. The van der Waals surface area contributed by atoms with E-state index in [-0.39, 0.29) is 5.91 Å². The predicted molar refractivity (Wildman–Crippen MR) is 70.5 cm³/mol. The minimum absolute atomic E-state index is 0.0751. The molecule has 0 aliphatic carbocycles. The van der Waals surface area contributed by atoms with Crippen LogP contribution in [0, 0.1) is 0 Å². The summed E-state index contributed by atoms with van der Waals surface area (Å²) in [6, 6.07) is 3.64. The van der Waals surface area contributed by atoms with Gasteiger partial charge in [-0.3, -0.25) is 4.79 Å². The van der Waals surface area contributed by atoms with Gasteiger partial charge in [0.1, 0.15) is 5.82 Å². The van der Waals surface area contributed by atoms with Gasteiger partial charge in [-0.1, -0.05) is 20.8 Å². The fourth-order valence-electron chi connectivity index (χ4n) is 1.47. The fourth-order valence-corrected chi connectivity index (χ4v) is 1.47. The molecule has 2 N–H and O–H groups in total. The van der Waals surface area contributed by atoms with Gasteiger partial charge >= 0.3 is 0 Å². The summed E-state index contributed by atoms with van der Waals surface area (Å²) in [5.74, 6) is 1.01. The summed E-state index contributed by atoms with van der Waals surface area (Å²) in [5, 5.41) is 5.85. The number of hydrogen-bond acceptors (Lipinski definition) is 3. The van der Waals surface area contributed by atoms with Gasteiger partial charge in [0.25, 0.3) is 5.91 Å². The molecule has 0 unspecified atom stereocenters. The first kappa shape index (κ1) is 13.5. The molecule has 0 saturated carbocycles. The van der Waals surface area contributed by atoms with Gasteiger partial charge in [-0.25, -0.2) is 4.98 Å². The largest absolute Gasteiger partial charge is 0.370 e. The van der Waals surface area contributed by atoms with Gasteiger partial charge in [-0.05, 0) is 24.5 Å². The van der Waals surface area contributed by atoms with Crippen molar-refractivity contribution in [3.8, 4) is 0 Å². The molecule has 1 aromatic heterocycles. The van der Waals surface area contributed by atoms with Crippen LogP contribution in [0.3, 0.4) is 0 Å². The van der Waals surface area contributed by atoms with Crippen molar-refractivity contribution in [3.05, 3.63) is 23.4 Å². The third-order valence-corrected chi connectivity index (χ3v) is 2.48. The first-order valence-electron chi connectivity index (χ1n) is 6.06. The molecule has 0 atom stereocenters. The van der Waals surface area contributed by atoms with Gasteiger partial charge in [-0.15, -0.1) is 0 Å². The molecule has 0 saturated heterocycles. The Morgan fingerprint density at radius 1 is 1.41 bits per heavy atom. The van der Waals surface area contributed by atoms with Gasteiger partial charge in [0, 0.05) is 24.8 Å². The highest BCUT2D eigenvalue weighted by Crippen LogP contribution is 2.17. The molecule has 0 aromatic carbocycles. The van der Waals surface area contributed by atoms with Gasteiger partial charge < -0.3 is 10.6 Å². The second kappa shape index (κ2) is 6.23. The number of amides is 1. The van der Waals surface area contributed by atoms with E-state index in [9.17, 15) is 4.79 Å². The van der Waals surface area contributed by atoms with Crippen molar-refractivity contribution in [3.63, 3.8) is 0 Å². The van der Waals surface area contributed by atoms with Crippen LogP contribution in [0.25, 0.3) is 0 Å². The lowest BCUT2D eigenvalue weighted by molar-refractivity contribution is 0.0963. The molecule has 0 radical (unpaired) electrons. The van der Waals surface area contributed by atoms with Gasteiger partial charge in [0.15, 0.2) is 0 Å². The van der Waals surface area contributed by atoms with Crippen LogP contribution in [0.5, 0.6) is 0 Å². The van der Waals surface area contributed by atoms with Crippen molar-refractivity contribution in [2.45, 2.75) is 33.1 Å². The first-order chi connectivity index (χ1) is 8.08. The molecule has 4 nitrogen and oxygen atoms in total. The summed E-state index contributed by atoms with van der Waals surface area (Å²) >= 11 is 0. The Morgan fingerprint density at radius 2 is 2.12 bits per heavy atom. The maximum Gasteiger partial charge on any atom is 0.251 e. The molecule has 0 spiro atoms. The maximum atomic E-state index is 11.6. The summed E-state index contributed by atoms with van der Waals surface area (Å²) < 4.78 is 0. The van der Waals surface area contributed by atoms with E-state index in [2.05, 4.69) is 36.4 Å². The number of carbonyl (C=O) groups is 1. The molecule has 0 aliphatic heterocycles. The van der Waals surface area contributed by atoms with Crippen molar-refractivity contribution in [2.75, 3.05) is 18.9 Å². The lowest BCUT2D eigenvalue weighted by Crippen LogP contribution is -2.19. The number of aromatic nitrogens is 1. The number of pyridine rings is 1. The summed E-state index contributed by atoms with van der Waals surface area (Å²) in [6.07, 6.45) is 1.03. The van der Waals surface area contributed by atoms with E-state index in [4.69, 9.17) is 0 Å². The van der Waals surface area contributed by atoms with Gasteiger partial charge in [0.05, 0.1) is 0 Å². The Labute approximate surface area is 103 Å². The number of carbonyl (C=O) groups excluding carboxylic acids is 1. The smallest absolute Gasteiger partial charge is 0.251 e. The molecule has 1 aromatic rings. The van der Waals surface area contributed by atoms with Gasteiger partial charge in [-0.2, -0.15) is 0 Å². The van der Waals surface area contributed by atoms with Crippen LogP contribution in [0.15, 0.2) is 12.1 Å². The van der Waals surface area contributed by atoms with Crippen LogP contribution in [0.2, 0.25) is 0 Å². The van der Waals surface area contributed by atoms with Crippen molar-refractivity contribution < 1.29 is 4.79 Å². The normalized spacial score (nSPS) is 10.4. The number of nitrogens with one attached hydrogen (secondary N) is 2. The molecule has 1 rings (SSSR count). The Morgan fingerprint density at radius 3 is 2.65 bits per heavy atom. The Balaban J connectivity index is 3.05. The average Bonchev–Trinajstić information content (AvgIpc) is 2.34. The highest BCUT2D eigenvalue weighted by atomic mass is 16.1. The average molecular weight is 235 g/mol. The fraction of sp³-hybridized carbons (Fsp3) is 0.538. The van der Waals surface area contributed by atoms with Gasteiger partial charge in [0.2, 0.25) is 0 Å². The predicted octanol–water partition coefficient (Wildman–Crippen LogP) is 2.39. The number of anilines is 1. The van der Waals surface area contributed by atoms with Crippen LogP contribution < -0.4 is 10.6 Å². The quantitative estimate of drug-likeness (QED) is 0.824. The van der Waals surface area contributed by atoms with Crippen molar-refractivity contribution in [2.24, 2.45) is 0 Å². The Kier molecular flexibility index (Phi) is 4.94. The highest BCUT2D eigenvalue weighted by molar-refractivity contribution is 5.94. The minimum atomic E-state index is -0.0751. The second-order valence-corrected chi connectivity index (χ2v) is 4.33. The van der Waals surface area contributed by atoms with E-state index in [0.717, 1.165) is 24.5 Å². The molecule has 4 heteroatoms. The van der Waals surface area contributed by atoms with E-state index >= 15 is 0 Å². The van der Waals surface area contributed by atoms with E-state index in [1.54, 1.807) is 13.1 Å².